The van der Waals surface area contributed by atoms with Crippen molar-refractivity contribution < 1.29 is 4.79 Å². The number of nitrogens with two attached hydrogens (primary N) is 1. The van der Waals surface area contributed by atoms with E-state index in [2.05, 4.69) is 10.3 Å². The molecule has 0 aliphatic heterocycles. The number of hydrogen-bond donors (Lipinski definition) is 2. The van der Waals surface area contributed by atoms with Crippen LogP contribution in [0.15, 0.2) is 12.3 Å². The van der Waals surface area contributed by atoms with Gasteiger partial charge in [0.2, 0.25) is 5.91 Å². The molecule has 0 saturated carbocycles. The van der Waals surface area contributed by atoms with E-state index in [1.165, 1.54) is 0 Å². The molecule has 0 aliphatic rings. The van der Waals surface area contributed by atoms with Crippen molar-refractivity contribution in [2.45, 2.75) is 20.3 Å². The lowest BCUT2D eigenvalue weighted by molar-refractivity contribution is -0.115. The molecule has 1 aromatic heterocycles. The van der Waals surface area contributed by atoms with Crippen LogP contribution in [0.5, 0.6) is 0 Å². The molecule has 4 nitrogen and oxygen atoms in total. The van der Waals surface area contributed by atoms with E-state index in [0.29, 0.717) is 17.9 Å². The average Bonchev–Trinajstić information content (AvgIpc) is 2.09. The molecule has 1 rings (SSSR count). The number of nitrogens with one attached hydrogen (secondary N) is 1. The van der Waals surface area contributed by atoms with Crippen LogP contribution in [0.4, 0.5) is 11.5 Å². The van der Waals surface area contributed by atoms with E-state index in [1.54, 1.807) is 19.2 Å². The maximum Gasteiger partial charge on any atom is 0.225 e. The topological polar surface area (TPSA) is 68.0 Å². The normalized spacial score (nSPS) is 9.69. The largest absolute Gasteiger partial charge is 0.396 e. The second-order valence-corrected chi connectivity index (χ2v) is 2.85. The number of nitrogen functional groups attached to an aromatic ring is 1. The molecule has 4 heteroatoms. The molecule has 0 bridgehead atoms. The fraction of sp³-hybridized carbons (Fsp3) is 0.333. The zero-order chi connectivity index (χ0) is 9.84. The van der Waals surface area contributed by atoms with Crippen molar-refractivity contribution >= 4 is 17.4 Å². The van der Waals surface area contributed by atoms with Gasteiger partial charge in [0.05, 0.1) is 5.69 Å². The first-order valence-corrected chi connectivity index (χ1v) is 4.15. The van der Waals surface area contributed by atoms with Crippen molar-refractivity contribution in [3.63, 3.8) is 0 Å². The van der Waals surface area contributed by atoms with Crippen LogP contribution < -0.4 is 11.1 Å². The third kappa shape index (κ3) is 2.43. The maximum absolute atomic E-state index is 11.0. The van der Waals surface area contributed by atoms with Crippen molar-refractivity contribution in [1.29, 1.82) is 0 Å². The molecule has 3 N–H and O–H groups in total. The Morgan fingerprint density at radius 2 is 2.38 bits per heavy atom. The number of aryl methyl sites for hydroxylation is 1. The number of aromatic nitrogens is 1. The van der Waals surface area contributed by atoms with E-state index in [4.69, 9.17) is 5.73 Å². The highest BCUT2D eigenvalue weighted by Gasteiger charge is 2.03. The number of amides is 1. The minimum absolute atomic E-state index is 0.0805. The smallest absolute Gasteiger partial charge is 0.225 e. The zero-order valence-electron chi connectivity index (χ0n) is 7.79. The molecule has 0 aromatic carbocycles. The molecule has 1 amide bonds. The lowest BCUT2D eigenvalue weighted by atomic mass is 10.3. The lowest BCUT2D eigenvalue weighted by Crippen LogP contribution is -2.12. The quantitative estimate of drug-likeness (QED) is 0.719. The minimum atomic E-state index is -0.0805. The molecule has 0 fully saturated rings. The number of nitrogens with zero attached hydrogens (tertiary/aromatic N) is 1. The minimum Gasteiger partial charge on any atom is -0.396 e. The fourth-order valence-electron chi connectivity index (χ4n) is 0.917. The molecule has 1 aromatic rings. The third-order valence-corrected chi connectivity index (χ3v) is 1.63. The van der Waals surface area contributed by atoms with Gasteiger partial charge in [0, 0.05) is 12.6 Å². The lowest BCUT2D eigenvalue weighted by Gasteiger charge is -2.05. The molecular formula is C9H13N3O. The SMILES string of the molecule is CCC(=O)Nc1ncc(C)cc1N. The third-order valence-electron chi connectivity index (χ3n) is 1.63. The Hall–Kier alpha value is -1.58. The summed E-state index contributed by atoms with van der Waals surface area (Å²) in [6.45, 7) is 3.68. The van der Waals surface area contributed by atoms with Crippen LogP contribution in [0, 0.1) is 6.92 Å². The number of anilines is 2. The predicted molar refractivity (Wildman–Crippen MR) is 52.3 cm³/mol. The van der Waals surface area contributed by atoms with Crippen LogP contribution in [0.2, 0.25) is 0 Å². The summed E-state index contributed by atoms with van der Waals surface area (Å²) in [7, 11) is 0. The van der Waals surface area contributed by atoms with Gasteiger partial charge in [-0.15, -0.1) is 0 Å². The monoisotopic (exact) mass is 179 g/mol. The molecule has 0 saturated heterocycles. The molecule has 0 spiro atoms. The first-order valence-electron chi connectivity index (χ1n) is 4.15. The van der Waals surface area contributed by atoms with E-state index in [9.17, 15) is 4.79 Å². The summed E-state index contributed by atoms with van der Waals surface area (Å²) in [6.07, 6.45) is 2.09. The summed E-state index contributed by atoms with van der Waals surface area (Å²) in [4.78, 5) is 15.0. The van der Waals surface area contributed by atoms with Gasteiger partial charge in [-0.05, 0) is 18.6 Å². The fourth-order valence-corrected chi connectivity index (χ4v) is 0.917. The van der Waals surface area contributed by atoms with Crippen molar-refractivity contribution in [2.24, 2.45) is 0 Å². The number of rotatable bonds is 2. The average molecular weight is 179 g/mol. The van der Waals surface area contributed by atoms with Gasteiger partial charge in [-0.2, -0.15) is 0 Å². The van der Waals surface area contributed by atoms with Gasteiger partial charge in [-0.3, -0.25) is 4.79 Å². The number of carbonyl (C=O) groups is 1. The van der Waals surface area contributed by atoms with Gasteiger partial charge in [0.15, 0.2) is 5.82 Å². The Balaban J connectivity index is 2.83. The molecule has 13 heavy (non-hydrogen) atoms. The Morgan fingerprint density at radius 3 is 2.92 bits per heavy atom. The highest BCUT2D eigenvalue weighted by molar-refractivity contribution is 5.92. The van der Waals surface area contributed by atoms with Crippen molar-refractivity contribution in [1.82, 2.24) is 4.98 Å². The second-order valence-electron chi connectivity index (χ2n) is 2.85. The second kappa shape index (κ2) is 3.89. The van der Waals surface area contributed by atoms with E-state index in [0.717, 1.165) is 5.56 Å². The number of carbonyl (C=O) groups excluding carboxylic acids is 1. The molecule has 0 atom stereocenters. The number of pyridine rings is 1. The van der Waals surface area contributed by atoms with E-state index < -0.39 is 0 Å². The summed E-state index contributed by atoms with van der Waals surface area (Å²) >= 11 is 0. The van der Waals surface area contributed by atoms with Gasteiger partial charge in [0.25, 0.3) is 0 Å². The molecule has 0 radical (unpaired) electrons. The highest BCUT2D eigenvalue weighted by atomic mass is 16.1. The van der Waals surface area contributed by atoms with E-state index in [1.807, 2.05) is 6.92 Å². The molecule has 1 heterocycles. The molecule has 70 valence electrons. The van der Waals surface area contributed by atoms with Crippen LogP contribution in [0.3, 0.4) is 0 Å². The van der Waals surface area contributed by atoms with Crippen LogP contribution in [0.25, 0.3) is 0 Å². The first-order chi connectivity index (χ1) is 6.13. The van der Waals surface area contributed by atoms with Crippen molar-refractivity contribution in [3.05, 3.63) is 17.8 Å². The first kappa shape index (κ1) is 9.51. The summed E-state index contributed by atoms with van der Waals surface area (Å²) in [5, 5.41) is 2.61. The zero-order valence-corrected chi connectivity index (χ0v) is 7.79. The van der Waals surface area contributed by atoms with Crippen LogP contribution in [-0.2, 0) is 4.79 Å². The Labute approximate surface area is 77.2 Å². The van der Waals surface area contributed by atoms with Gasteiger partial charge in [-0.1, -0.05) is 6.92 Å². The maximum atomic E-state index is 11.0. The summed E-state index contributed by atoms with van der Waals surface area (Å²) in [5.41, 5.74) is 7.13. The van der Waals surface area contributed by atoms with E-state index >= 15 is 0 Å². The number of hydrogen-bond acceptors (Lipinski definition) is 3. The molecule has 0 aliphatic carbocycles. The summed E-state index contributed by atoms with van der Waals surface area (Å²) in [5.74, 6) is 0.362. The van der Waals surface area contributed by atoms with E-state index in [-0.39, 0.29) is 5.91 Å². The van der Waals surface area contributed by atoms with Crippen molar-refractivity contribution in [3.8, 4) is 0 Å². The molecule has 0 unspecified atom stereocenters. The Morgan fingerprint density at radius 1 is 1.69 bits per heavy atom. The van der Waals surface area contributed by atoms with Gasteiger partial charge in [-0.25, -0.2) is 4.98 Å². The van der Waals surface area contributed by atoms with Gasteiger partial charge < -0.3 is 11.1 Å². The van der Waals surface area contributed by atoms with Crippen molar-refractivity contribution in [2.75, 3.05) is 11.1 Å². The van der Waals surface area contributed by atoms with Gasteiger partial charge in [0.1, 0.15) is 0 Å². The summed E-state index contributed by atoms with van der Waals surface area (Å²) in [6, 6.07) is 1.78. The Bertz CT molecular complexity index is 323. The standard InChI is InChI=1S/C9H13N3O/c1-3-8(13)12-9-7(10)4-6(2)5-11-9/h4-5H,3,10H2,1-2H3,(H,11,12,13). The predicted octanol–water partition coefficient (Wildman–Crippen LogP) is 1.32. The molecular weight excluding hydrogens is 166 g/mol. The van der Waals surface area contributed by atoms with Gasteiger partial charge >= 0.3 is 0 Å². The van der Waals surface area contributed by atoms with Crippen LogP contribution >= 0.6 is 0 Å². The highest BCUT2D eigenvalue weighted by Crippen LogP contribution is 2.15. The Kier molecular flexibility index (Phi) is 2.84. The summed E-state index contributed by atoms with van der Waals surface area (Å²) < 4.78 is 0. The van der Waals surface area contributed by atoms with Crippen LogP contribution in [-0.4, -0.2) is 10.9 Å². The van der Waals surface area contributed by atoms with Crippen LogP contribution in [0.1, 0.15) is 18.9 Å².